The normalized spacial score (nSPS) is 15.9. The molecule has 0 bridgehead atoms. The van der Waals surface area contributed by atoms with Crippen LogP contribution in [0, 0.1) is 11.3 Å². The predicted molar refractivity (Wildman–Crippen MR) is 117 cm³/mol. The number of aromatic nitrogens is 1. The van der Waals surface area contributed by atoms with Gasteiger partial charge in [0, 0.05) is 16.5 Å². The smallest absolute Gasteiger partial charge is 0.116 e. The number of nitrogens with zero attached hydrogens (tertiary/aromatic N) is 2. The van der Waals surface area contributed by atoms with E-state index < -0.39 is 0 Å². The summed E-state index contributed by atoms with van der Waals surface area (Å²) in [4.78, 5) is 4.87. The van der Waals surface area contributed by atoms with Crippen LogP contribution in [0.4, 0.5) is 0 Å². The number of benzene rings is 1. The van der Waals surface area contributed by atoms with Crippen LogP contribution in [0.3, 0.4) is 0 Å². The number of alkyl halides is 1. The maximum Gasteiger partial charge on any atom is 0.116 e. The molecule has 26 heavy (non-hydrogen) atoms. The average Bonchev–Trinajstić information content (AvgIpc) is 3.22. The molecule has 0 saturated carbocycles. The minimum Gasteiger partial charge on any atom is -0.244 e. The summed E-state index contributed by atoms with van der Waals surface area (Å²) >= 11 is 11.0. The largest absolute Gasteiger partial charge is 0.244 e. The van der Waals surface area contributed by atoms with Crippen LogP contribution in [-0.4, -0.2) is 21.7 Å². The van der Waals surface area contributed by atoms with Crippen molar-refractivity contribution in [2.75, 3.05) is 16.7 Å². The van der Waals surface area contributed by atoms with Crippen LogP contribution < -0.4 is 0 Å². The molecule has 134 valence electrons. The predicted octanol–water partition coefficient (Wildman–Crippen LogP) is 6.72. The Bertz CT molecular complexity index is 795. The summed E-state index contributed by atoms with van der Waals surface area (Å²) in [7, 11) is 0. The Morgan fingerprint density at radius 1 is 1.31 bits per heavy atom. The first-order valence-electron chi connectivity index (χ1n) is 8.41. The molecule has 0 fully saturated rings. The highest BCUT2D eigenvalue weighted by Crippen LogP contribution is 2.41. The first-order chi connectivity index (χ1) is 12.8. The molecule has 0 N–H and O–H groups in total. The molecule has 1 aromatic carbocycles. The van der Waals surface area contributed by atoms with Crippen LogP contribution in [0.1, 0.15) is 29.3 Å². The van der Waals surface area contributed by atoms with E-state index in [2.05, 4.69) is 35.8 Å². The summed E-state index contributed by atoms with van der Waals surface area (Å²) < 4.78 is 0. The quantitative estimate of drug-likeness (QED) is 0.206. The van der Waals surface area contributed by atoms with Gasteiger partial charge in [0.2, 0.25) is 0 Å². The summed E-state index contributed by atoms with van der Waals surface area (Å²) in [5, 5.41) is 14.0. The molecule has 3 rings (SSSR count). The lowest BCUT2D eigenvalue weighted by atomic mass is 10.00. The van der Waals surface area contributed by atoms with Gasteiger partial charge in [-0.3, -0.25) is 0 Å². The van der Waals surface area contributed by atoms with Gasteiger partial charge in [0.25, 0.3) is 0 Å². The molecule has 1 aliphatic heterocycles. The van der Waals surface area contributed by atoms with Crippen molar-refractivity contribution in [3.8, 4) is 17.2 Å². The van der Waals surface area contributed by atoms with Gasteiger partial charge in [-0.1, -0.05) is 48.2 Å². The number of hydrogen-bond donors (Lipinski definition) is 0. The lowest BCUT2D eigenvalue weighted by Gasteiger charge is -2.15. The molecule has 1 aromatic heterocycles. The Kier molecular flexibility index (Phi) is 7.82. The van der Waals surface area contributed by atoms with Crippen LogP contribution in [0.25, 0.3) is 11.1 Å². The van der Waals surface area contributed by atoms with Gasteiger partial charge >= 0.3 is 0 Å². The van der Waals surface area contributed by atoms with Crippen LogP contribution >= 0.6 is 46.9 Å². The monoisotopic (exact) mass is 418 g/mol. The van der Waals surface area contributed by atoms with E-state index in [-0.39, 0.29) is 0 Å². The van der Waals surface area contributed by atoms with Crippen molar-refractivity contribution in [1.82, 2.24) is 4.98 Å². The molecule has 0 amide bonds. The Morgan fingerprint density at radius 3 is 2.85 bits per heavy atom. The van der Waals surface area contributed by atoms with E-state index in [1.165, 1.54) is 0 Å². The summed E-state index contributed by atoms with van der Waals surface area (Å²) in [6.45, 7) is 0. The summed E-state index contributed by atoms with van der Waals surface area (Å²) in [6.07, 6.45) is 4.18. The van der Waals surface area contributed by atoms with Crippen LogP contribution in [0.5, 0.6) is 0 Å². The minimum absolute atomic E-state index is 0.341. The Morgan fingerprint density at radius 2 is 2.15 bits per heavy atom. The molecule has 0 spiro atoms. The molecule has 2 aromatic rings. The zero-order valence-corrected chi connectivity index (χ0v) is 17.4. The van der Waals surface area contributed by atoms with Gasteiger partial charge in [-0.25, -0.2) is 4.98 Å². The molecule has 2 nitrogen and oxygen atoms in total. The second-order valence-corrected chi connectivity index (χ2v) is 9.62. The fourth-order valence-electron chi connectivity index (χ4n) is 2.65. The third kappa shape index (κ3) is 5.01. The molecule has 2 heterocycles. The Balaban J connectivity index is 1.92. The summed E-state index contributed by atoms with van der Waals surface area (Å²) in [5.41, 5.74) is 3.80. The van der Waals surface area contributed by atoms with Gasteiger partial charge in [-0.05, 0) is 35.6 Å². The van der Waals surface area contributed by atoms with Crippen LogP contribution in [0.15, 0.2) is 52.9 Å². The van der Waals surface area contributed by atoms with Gasteiger partial charge in [-0.2, -0.15) is 17.0 Å². The molecule has 0 saturated heterocycles. The third-order valence-corrected chi connectivity index (χ3v) is 7.59. The standard InChI is InChI=1S/C20H19ClN2S3/c21-9-5-10-24-14-26-20-17(13-22)16(15-6-2-1-3-7-15)12-18(23-20)19-8-4-11-25-19/h1-4,6-7,11-12,19H,5,8-10,14H2. The highest BCUT2D eigenvalue weighted by Gasteiger charge is 2.21. The van der Waals surface area contributed by atoms with E-state index >= 15 is 0 Å². The maximum absolute atomic E-state index is 9.81. The van der Waals surface area contributed by atoms with Gasteiger partial charge in [0.15, 0.2) is 0 Å². The summed E-state index contributed by atoms with van der Waals surface area (Å²) in [6, 6.07) is 14.6. The number of halogens is 1. The average molecular weight is 419 g/mol. The fraction of sp³-hybridized carbons (Fsp3) is 0.300. The number of pyridine rings is 1. The second kappa shape index (κ2) is 10.3. The number of rotatable bonds is 8. The SMILES string of the molecule is N#Cc1c(-c2ccccc2)cc(C2CC=CS2)nc1SCSCCCCl. The van der Waals surface area contributed by atoms with E-state index in [0.29, 0.717) is 16.7 Å². The van der Waals surface area contributed by atoms with E-state index in [1.54, 1.807) is 23.5 Å². The van der Waals surface area contributed by atoms with Crippen molar-refractivity contribution in [3.05, 3.63) is 59.1 Å². The first kappa shape index (κ1) is 19.7. The molecule has 1 unspecified atom stereocenters. The number of nitriles is 1. The fourth-order valence-corrected chi connectivity index (χ4v) is 5.91. The van der Waals surface area contributed by atoms with E-state index in [1.807, 2.05) is 30.0 Å². The lowest BCUT2D eigenvalue weighted by molar-refractivity contribution is 0.897. The Hall–Kier alpha value is -1.06. The Labute approximate surface area is 172 Å². The van der Waals surface area contributed by atoms with Crippen molar-refractivity contribution in [1.29, 1.82) is 5.26 Å². The van der Waals surface area contributed by atoms with Crippen molar-refractivity contribution in [2.45, 2.75) is 23.1 Å². The highest BCUT2D eigenvalue weighted by atomic mass is 35.5. The molecule has 0 aliphatic carbocycles. The van der Waals surface area contributed by atoms with Gasteiger partial charge in [-0.15, -0.1) is 23.4 Å². The lowest BCUT2D eigenvalue weighted by Crippen LogP contribution is -2.01. The van der Waals surface area contributed by atoms with Gasteiger partial charge < -0.3 is 0 Å². The number of thioether (sulfide) groups is 3. The number of hydrogen-bond acceptors (Lipinski definition) is 5. The van der Waals surface area contributed by atoms with Gasteiger partial charge in [0.05, 0.1) is 16.5 Å². The van der Waals surface area contributed by atoms with Gasteiger partial charge in [0.1, 0.15) is 11.1 Å². The van der Waals surface area contributed by atoms with E-state index in [9.17, 15) is 5.26 Å². The molecule has 0 radical (unpaired) electrons. The number of allylic oxidation sites excluding steroid dienone is 1. The van der Waals surface area contributed by atoms with Crippen LogP contribution in [0.2, 0.25) is 0 Å². The molecular weight excluding hydrogens is 400 g/mol. The first-order valence-corrected chi connectivity index (χ1v) is 12.0. The van der Waals surface area contributed by atoms with E-state index in [4.69, 9.17) is 16.6 Å². The van der Waals surface area contributed by atoms with E-state index in [0.717, 1.165) is 45.5 Å². The zero-order chi connectivity index (χ0) is 18.2. The topological polar surface area (TPSA) is 36.7 Å². The van der Waals surface area contributed by atoms with Crippen LogP contribution in [-0.2, 0) is 0 Å². The van der Waals surface area contributed by atoms with Crippen molar-refractivity contribution in [3.63, 3.8) is 0 Å². The summed E-state index contributed by atoms with van der Waals surface area (Å²) in [5.74, 6) is 1.73. The molecule has 6 heteroatoms. The van der Waals surface area contributed by atoms with Crippen molar-refractivity contribution in [2.24, 2.45) is 0 Å². The third-order valence-electron chi connectivity index (χ3n) is 3.92. The zero-order valence-electron chi connectivity index (χ0n) is 14.2. The van der Waals surface area contributed by atoms with Crippen molar-refractivity contribution >= 4 is 46.9 Å². The molecular formula is C20H19ClN2S3. The second-order valence-electron chi connectivity index (χ2n) is 5.70. The molecule has 1 atom stereocenters. The van der Waals surface area contributed by atoms with Crippen molar-refractivity contribution < 1.29 is 0 Å². The highest BCUT2D eigenvalue weighted by molar-refractivity contribution is 8.16. The minimum atomic E-state index is 0.341. The maximum atomic E-state index is 9.81. The molecule has 1 aliphatic rings.